The van der Waals surface area contributed by atoms with Gasteiger partial charge < -0.3 is 10.6 Å². The molecule has 106 valence electrons. The molecule has 0 spiro atoms. The number of nitrogens with one attached hydrogen (secondary N) is 2. The van der Waals surface area contributed by atoms with Gasteiger partial charge in [0.15, 0.2) is 0 Å². The fourth-order valence-corrected chi connectivity index (χ4v) is 1.68. The molecule has 0 saturated heterocycles. The van der Waals surface area contributed by atoms with Crippen LogP contribution in [-0.4, -0.2) is 34.2 Å². The van der Waals surface area contributed by atoms with Crippen molar-refractivity contribution in [2.24, 2.45) is 0 Å². The van der Waals surface area contributed by atoms with Crippen LogP contribution in [0.5, 0.6) is 0 Å². The van der Waals surface area contributed by atoms with E-state index in [2.05, 4.69) is 22.7 Å². The third-order valence-corrected chi connectivity index (χ3v) is 2.67. The number of hydrogen-bond donors (Lipinski definition) is 2. The predicted molar refractivity (Wildman–Crippen MR) is 72.4 cm³/mol. The zero-order valence-corrected chi connectivity index (χ0v) is 11.6. The van der Waals surface area contributed by atoms with Crippen molar-refractivity contribution >= 4 is 11.8 Å². The number of nitrogens with zero attached hydrogens (tertiary/aromatic N) is 2. The van der Waals surface area contributed by atoms with Gasteiger partial charge >= 0.3 is 11.8 Å². The van der Waals surface area contributed by atoms with E-state index in [9.17, 15) is 9.59 Å². The summed E-state index contributed by atoms with van der Waals surface area (Å²) >= 11 is 0. The number of rotatable bonds is 7. The fraction of sp³-hybridized carbons (Fsp3) is 0.615. The van der Waals surface area contributed by atoms with Gasteiger partial charge in [-0.05, 0) is 19.4 Å². The second-order valence-corrected chi connectivity index (χ2v) is 4.57. The highest BCUT2D eigenvalue weighted by Crippen LogP contribution is 1.92. The summed E-state index contributed by atoms with van der Waals surface area (Å²) in [6.07, 6.45) is 6.53. The van der Waals surface area contributed by atoms with Crippen LogP contribution in [0.3, 0.4) is 0 Å². The molecule has 0 unspecified atom stereocenters. The van der Waals surface area contributed by atoms with Gasteiger partial charge in [-0.2, -0.15) is 5.10 Å². The first-order valence-electron chi connectivity index (χ1n) is 6.69. The van der Waals surface area contributed by atoms with Crippen LogP contribution in [0.1, 0.15) is 33.1 Å². The van der Waals surface area contributed by atoms with Gasteiger partial charge in [0.1, 0.15) is 0 Å². The molecule has 0 aliphatic rings. The van der Waals surface area contributed by atoms with Gasteiger partial charge in [-0.15, -0.1) is 0 Å². The molecule has 19 heavy (non-hydrogen) atoms. The monoisotopic (exact) mass is 266 g/mol. The minimum atomic E-state index is -0.587. The Morgan fingerprint density at radius 2 is 2.11 bits per heavy atom. The van der Waals surface area contributed by atoms with Crippen molar-refractivity contribution in [3.8, 4) is 0 Å². The first-order valence-corrected chi connectivity index (χ1v) is 6.69. The molecule has 1 heterocycles. The minimum Gasteiger partial charge on any atom is -0.348 e. The Bertz CT molecular complexity index is 389. The number of unbranched alkanes of at least 4 members (excludes halogenated alkanes) is 2. The predicted octanol–water partition coefficient (Wildman–Crippen LogP) is 0.694. The number of aromatic nitrogens is 2. The molecular formula is C13H22N4O2. The molecule has 0 radical (unpaired) electrons. The number of hydrogen-bond acceptors (Lipinski definition) is 3. The Kier molecular flexibility index (Phi) is 6.63. The normalized spacial score (nSPS) is 11.9. The summed E-state index contributed by atoms with van der Waals surface area (Å²) in [6.45, 7) is 5.02. The molecule has 6 heteroatoms. The third kappa shape index (κ3) is 6.03. The van der Waals surface area contributed by atoms with Gasteiger partial charge in [0.05, 0.1) is 6.54 Å². The van der Waals surface area contributed by atoms with Crippen LogP contribution in [0.25, 0.3) is 0 Å². The summed E-state index contributed by atoms with van der Waals surface area (Å²) in [5, 5.41) is 9.30. The van der Waals surface area contributed by atoms with Crippen LogP contribution < -0.4 is 10.6 Å². The fourth-order valence-electron chi connectivity index (χ4n) is 1.68. The Hall–Kier alpha value is -1.85. The van der Waals surface area contributed by atoms with Crippen molar-refractivity contribution in [1.29, 1.82) is 0 Å². The van der Waals surface area contributed by atoms with Crippen molar-refractivity contribution in [3.05, 3.63) is 18.5 Å². The molecule has 0 aliphatic heterocycles. The average Bonchev–Trinajstić information content (AvgIpc) is 2.86. The minimum absolute atomic E-state index is 0.145. The van der Waals surface area contributed by atoms with Crippen molar-refractivity contribution in [2.75, 3.05) is 6.54 Å². The molecular weight excluding hydrogens is 244 g/mol. The van der Waals surface area contributed by atoms with Crippen LogP contribution in [0.2, 0.25) is 0 Å². The molecule has 1 atom stereocenters. The maximum absolute atomic E-state index is 11.6. The van der Waals surface area contributed by atoms with Crippen LogP contribution in [0.15, 0.2) is 18.5 Å². The lowest BCUT2D eigenvalue weighted by Gasteiger charge is -2.13. The average molecular weight is 266 g/mol. The van der Waals surface area contributed by atoms with E-state index in [1.807, 2.05) is 19.2 Å². The Balaban J connectivity index is 2.23. The van der Waals surface area contributed by atoms with Crippen molar-refractivity contribution in [3.63, 3.8) is 0 Å². The van der Waals surface area contributed by atoms with E-state index in [1.54, 1.807) is 10.9 Å². The van der Waals surface area contributed by atoms with Crippen molar-refractivity contribution in [2.45, 2.75) is 45.7 Å². The molecule has 6 nitrogen and oxygen atoms in total. The van der Waals surface area contributed by atoms with Gasteiger partial charge in [0.2, 0.25) is 0 Å². The zero-order chi connectivity index (χ0) is 14.1. The van der Waals surface area contributed by atoms with E-state index in [0.717, 1.165) is 19.3 Å². The van der Waals surface area contributed by atoms with Crippen LogP contribution in [0, 0.1) is 0 Å². The Morgan fingerprint density at radius 1 is 1.32 bits per heavy atom. The SMILES string of the molecule is CCCCCNC(=O)C(=O)N[C@@H](C)Cn1cccn1. The molecule has 1 rings (SSSR count). The summed E-state index contributed by atoms with van der Waals surface area (Å²) in [5.74, 6) is -1.15. The molecule has 1 aromatic rings. The van der Waals surface area contributed by atoms with E-state index < -0.39 is 11.8 Å². The molecule has 0 bridgehead atoms. The molecule has 2 N–H and O–H groups in total. The van der Waals surface area contributed by atoms with Gasteiger partial charge in [-0.1, -0.05) is 19.8 Å². The standard InChI is InChI=1S/C13H22N4O2/c1-3-4-5-7-14-12(18)13(19)16-11(2)10-17-9-6-8-15-17/h6,8-9,11H,3-5,7,10H2,1-2H3,(H,14,18)(H,16,19)/t11-/m0/s1. The van der Waals surface area contributed by atoms with E-state index in [1.165, 1.54) is 0 Å². The smallest absolute Gasteiger partial charge is 0.309 e. The number of amides is 2. The topological polar surface area (TPSA) is 76.0 Å². The van der Waals surface area contributed by atoms with Gasteiger partial charge in [0, 0.05) is 25.0 Å². The van der Waals surface area contributed by atoms with E-state index in [4.69, 9.17) is 0 Å². The first-order chi connectivity index (χ1) is 9.13. The van der Waals surface area contributed by atoms with Crippen LogP contribution >= 0.6 is 0 Å². The summed E-state index contributed by atoms with van der Waals surface area (Å²) < 4.78 is 1.71. The molecule has 1 aromatic heterocycles. The van der Waals surface area contributed by atoms with E-state index >= 15 is 0 Å². The highest BCUT2D eigenvalue weighted by Gasteiger charge is 2.15. The number of carbonyl (C=O) groups is 2. The highest BCUT2D eigenvalue weighted by atomic mass is 16.2. The summed E-state index contributed by atoms with van der Waals surface area (Å²) in [5.41, 5.74) is 0. The molecule has 0 fully saturated rings. The van der Waals surface area contributed by atoms with Crippen LogP contribution in [-0.2, 0) is 16.1 Å². The van der Waals surface area contributed by atoms with Crippen LogP contribution in [0.4, 0.5) is 0 Å². The highest BCUT2D eigenvalue weighted by molar-refractivity contribution is 6.35. The molecule has 0 aromatic carbocycles. The lowest BCUT2D eigenvalue weighted by Crippen LogP contribution is -2.45. The zero-order valence-electron chi connectivity index (χ0n) is 11.6. The molecule has 0 aliphatic carbocycles. The lowest BCUT2D eigenvalue weighted by molar-refractivity contribution is -0.139. The third-order valence-electron chi connectivity index (χ3n) is 2.67. The maximum atomic E-state index is 11.6. The van der Waals surface area contributed by atoms with Crippen molar-refractivity contribution in [1.82, 2.24) is 20.4 Å². The van der Waals surface area contributed by atoms with Crippen molar-refractivity contribution < 1.29 is 9.59 Å². The van der Waals surface area contributed by atoms with Gasteiger partial charge in [-0.3, -0.25) is 14.3 Å². The first kappa shape index (κ1) is 15.2. The lowest BCUT2D eigenvalue weighted by atomic mass is 10.2. The van der Waals surface area contributed by atoms with E-state index in [0.29, 0.717) is 13.1 Å². The Morgan fingerprint density at radius 3 is 2.74 bits per heavy atom. The quantitative estimate of drug-likeness (QED) is 0.563. The van der Waals surface area contributed by atoms with Gasteiger partial charge in [-0.25, -0.2) is 0 Å². The maximum Gasteiger partial charge on any atom is 0.309 e. The summed E-state index contributed by atoms with van der Waals surface area (Å²) in [7, 11) is 0. The van der Waals surface area contributed by atoms with E-state index in [-0.39, 0.29) is 6.04 Å². The second-order valence-electron chi connectivity index (χ2n) is 4.57. The van der Waals surface area contributed by atoms with Gasteiger partial charge in [0.25, 0.3) is 0 Å². The number of carbonyl (C=O) groups excluding carboxylic acids is 2. The largest absolute Gasteiger partial charge is 0.348 e. The summed E-state index contributed by atoms with van der Waals surface area (Å²) in [4.78, 5) is 23.1. The molecule has 2 amide bonds. The molecule has 0 saturated carbocycles. The Labute approximate surface area is 113 Å². The second kappa shape index (κ2) is 8.29. The summed E-state index contributed by atoms with van der Waals surface area (Å²) in [6, 6.07) is 1.67.